The molecule has 1 aliphatic heterocycles. The van der Waals surface area contributed by atoms with Crippen molar-refractivity contribution in [3.63, 3.8) is 0 Å². The Morgan fingerprint density at radius 2 is 1.56 bits per heavy atom. The number of piperazine rings is 1. The zero-order valence-corrected chi connectivity index (χ0v) is 19.5. The summed E-state index contributed by atoms with van der Waals surface area (Å²) in [6, 6.07) is 20.6. The Morgan fingerprint density at radius 1 is 0.906 bits per heavy atom. The SMILES string of the molecule is CC(C)(C)OC(=O)N1CCN(c2ccc(-c3cnc(Cl)c(-c4ccccc4)c3)cc2)CC1. The molecule has 5 nitrogen and oxygen atoms in total. The van der Waals surface area contributed by atoms with Crippen molar-refractivity contribution in [3.8, 4) is 22.3 Å². The van der Waals surface area contributed by atoms with E-state index in [1.807, 2.05) is 57.3 Å². The predicted octanol–water partition coefficient (Wildman–Crippen LogP) is 6.13. The van der Waals surface area contributed by atoms with Crippen molar-refractivity contribution < 1.29 is 9.53 Å². The van der Waals surface area contributed by atoms with E-state index in [2.05, 4.69) is 40.2 Å². The van der Waals surface area contributed by atoms with Gasteiger partial charge in [-0.2, -0.15) is 0 Å². The summed E-state index contributed by atoms with van der Waals surface area (Å²) in [6.07, 6.45) is 1.57. The number of benzene rings is 2. The normalized spacial score (nSPS) is 14.4. The van der Waals surface area contributed by atoms with Crippen molar-refractivity contribution in [1.82, 2.24) is 9.88 Å². The number of pyridine rings is 1. The van der Waals surface area contributed by atoms with Crippen LogP contribution in [0.3, 0.4) is 0 Å². The fourth-order valence-corrected chi connectivity index (χ4v) is 3.98. The van der Waals surface area contributed by atoms with E-state index in [9.17, 15) is 4.79 Å². The first-order valence-electron chi connectivity index (χ1n) is 10.8. The largest absolute Gasteiger partial charge is 0.444 e. The molecular weight excluding hydrogens is 422 g/mol. The van der Waals surface area contributed by atoms with Gasteiger partial charge >= 0.3 is 6.09 Å². The van der Waals surface area contributed by atoms with Gasteiger partial charge in [-0.1, -0.05) is 54.1 Å². The van der Waals surface area contributed by atoms with Gasteiger partial charge in [0, 0.05) is 49.2 Å². The summed E-state index contributed by atoms with van der Waals surface area (Å²) < 4.78 is 5.49. The first-order valence-corrected chi connectivity index (χ1v) is 11.2. The van der Waals surface area contributed by atoms with E-state index < -0.39 is 5.60 Å². The van der Waals surface area contributed by atoms with E-state index in [0.29, 0.717) is 18.2 Å². The van der Waals surface area contributed by atoms with E-state index in [0.717, 1.165) is 41.0 Å². The third kappa shape index (κ3) is 5.22. The summed E-state index contributed by atoms with van der Waals surface area (Å²) in [4.78, 5) is 20.8. The smallest absolute Gasteiger partial charge is 0.410 e. The molecule has 0 bridgehead atoms. The minimum absolute atomic E-state index is 0.239. The number of carbonyl (C=O) groups excluding carboxylic acids is 1. The Labute approximate surface area is 194 Å². The third-order valence-electron chi connectivity index (χ3n) is 5.42. The Bertz CT molecular complexity index is 1070. The van der Waals surface area contributed by atoms with E-state index in [-0.39, 0.29) is 6.09 Å². The Hall–Kier alpha value is -3.05. The number of anilines is 1. The molecule has 166 valence electrons. The van der Waals surface area contributed by atoms with Gasteiger partial charge in [0.05, 0.1) is 0 Å². The van der Waals surface area contributed by atoms with E-state index in [1.165, 1.54) is 0 Å². The molecule has 0 aliphatic carbocycles. The lowest BCUT2D eigenvalue weighted by molar-refractivity contribution is 0.0240. The topological polar surface area (TPSA) is 45.7 Å². The summed E-state index contributed by atoms with van der Waals surface area (Å²) in [6.45, 7) is 8.53. The molecule has 32 heavy (non-hydrogen) atoms. The van der Waals surface area contributed by atoms with Crippen molar-refractivity contribution in [1.29, 1.82) is 0 Å². The standard InChI is InChI=1S/C26H28ClN3O2/c1-26(2,3)32-25(31)30-15-13-29(14-16-30)22-11-9-19(10-12-22)21-17-23(24(27)28-18-21)20-7-5-4-6-8-20/h4-12,17-18H,13-16H2,1-3H3. The van der Waals surface area contributed by atoms with Crippen molar-refractivity contribution in [2.75, 3.05) is 31.1 Å². The van der Waals surface area contributed by atoms with Gasteiger partial charge in [-0.15, -0.1) is 0 Å². The lowest BCUT2D eigenvalue weighted by Crippen LogP contribution is -2.50. The molecule has 6 heteroatoms. The highest BCUT2D eigenvalue weighted by Gasteiger charge is 2.26. The summed E-state index contributed by atoms with van der Waals surface area (Å²) in [7, 11) is 0. The molecule has 1 aliphatic rings. The first-order chi connectivity index (χ1) is 15.3. The van der Waals surface area contributed by atoms with Gasteiger partial charge in [0.25, 0.3) is 0 Å². The van der Waals surface area contributed by atoms with Crippen molar-refractivity contribution in [3.05, 3.63) is 72.0 Å². The molecule has 0 atom stereocenters. The van der Waals surface area contributed by atoms with Crippen LogP contribution in [0.1, 0.15) is 20.8 Å². The number of ether oxygens (including phenoxy) is 1. The maximum Gasteiger partial charge on any atom is 0.410 e. The molecule has 0 radical (unpaired) electrons. The second kappa shape index (κ2) is 9.21. The van der Waals surface area contributed by atoms with Crippen LogP contribution in [0.4, 0.5) is 10.5 Å². The van der Waals surface area contributed by atoms with E-state index >= 15 is 0 Å². The number of hydrogen-bond acceptors (Lipinski definition) is 4. The van der Waals surface area contributed by atoms with Crippen molar-refractivity contribution >= 4 is 23.4 Å². The maximum atomic E-state index is 12.3. The number of nitrogens with zero attached hydrogens (tertiary/aromatic N) is 3. The Morgan fingerprint density at radius 3 is 2.19 bits per heavy atom. The quantitative estimate of drug-likeness (QED) is 0.451. The molecule has 0 unspecified atom stereocenters. The lowest BCUT2D eigenvalue weighted by Gasteiger charge is -2.36. The van der Waals surface area contributed by atoms with Crippen LogP contribution in [0.2, 0.25) is 5.15 Å². The molecule has 1 aromatic heterocycles. The lowest BCUT2D eigenvalue weighted by atomic mass is 10.0. The minimum Gasteiger partial charge on any atom is -0.444 e. The molecule has 1 amide bonds. The molecule has 2 aromatic carbocycles. The highest BCUT2D eigenvalue weighted by atomic mass is 35.5. The fraction of sp³-hybridized carbons (Fsp3) is 0.308. The van der Waals surface area contributed by atoms with Gasteiger partial charge in [0.15, 0.2) is 0 Å². The fourth-order valence-electron chi connectivity index (χ4n) is 3.76. The van der Waals surface area contributed by atoms with Crippen molar-refractivity contribution in [2.45, 2.75) is 26.4 Å². The average molecular weight is 450 g/mol. The number of aromatic nitrogens is 1. The van der Waals surface area contributed by atoms with Gasteiger partial charge < -0.3 is 14.5 Å². The van der Waals surface area contributed by atoms with Crippen LogP contribution in [0.25, 0.3) is 22.3 Å². The van der Waals surface area contributed by atoms with Gasteiger partial charge in [0.1, 0.15) is 10.8 Å². The molecule has 4 rings (SSSR count). The monoisotopic (exact) mass is 449 g/mol. The minimum atomic E-state index is -0.471. The number of carbonyl (C=O) groups is 1. The third-order valence-corrected chi connectivity index (χ3v) is 5.72. The highest BCUT2D eigenvalue weighted by molar-refractivity contribution is 6.32. The van der Waals surface area contributed by atoms with Gasteiger partial charge in [0.2, 0.25) is 0 Å². The zero-order chi connectivity index (χ0) is 22.7. The molecule has 2 heterocycles. The molecule has 0 spiro atoms. The Kier molecular flexibility index (Phi) is 6.38. The number of hydrogen-bond donors (Lipinski definition) is 0. The van der Waals surface area contributed by atoms with Crippen LogP contribution in [-0.2, 0) is 4.74 Å². The maximum absolute atomic E-state index is 12.3. The predicted molar refractivity (Wildman–Crippen MR) is 130 cm³/mol. The van der Waals surface area contributed by atoms with Crippen LogP contribution < -0.4 is 4.90 Å². The van der Waals surface area contributed by atoms with Crippen LogP contribution >= 0.6 is 11.6 Å². The van der Waals surface area contributed by atoms with Crippen LogP contribution in [0, 0.1) is 0 Å². The molecule has 1 fully saturated rings. The van der Waals surface area contributed by atoms with E-state index in [4.69, 9.17) is 16.3 Å². The second-order valence-electron chi connectivity index (χ2n) is 8.93. The summed E-state index contributed by atoms with van der Waals surface area (Å²) >= 11 is 6.36. The number of rotatable bonds is 3. The first kappa shape index (κ1) is 22.2. The van der Waals surface area contributed by atoms with Crippen LogP contribution in [0.5, 0.6) is 0 Å². The van der Waals surface area contributed by atoms with Crippen LogP contribution in [-0.4, -0.2) is 47.8 Å². The molecule has 1 saturated heterocycles. The highest BCUT2D eigenvalue weighted by Crippen LogP contribution is 2.31. The number of amides is 1. The van der Waals surface area contributed by atoms with Gasteiger partial charge in [-0.05, 0) is 50.1 Å². The molecule has 3 aromatic rings. The molecule has 0 N–H and O–H groups in total. The second-order valence-corrected chi connectivity index (χ2v) is 9.29. The number of halogens is 1. The van der Waals surface area contributed by atoms with E-state index in [1.54, 1.807) is 4.90 Å². The zero-order valence-electron chi connectivity index (χ0n) is 18.7. The van der Waals surface area contributed by atoms with Gasteiger partial charge in [-0.3, -0.25) is 0 Å². The van der Waals surface area contributed by atoms with Gasteiger partial charge in [-0.25, -0.2) is 9.78 Å². The summed E-state index contributed by atoms with van der Waals surface area (Å²) in [5.74, 6) is 0. The summed E-state index contributed by atoms with van der Waals surface area (Å²) in [5, 5.41) is 0.499. The van der Waals surface area contributed by atoms with Crippen LogP contribution in [0.15, 0.2) is 66.9 Å². The average Bonchev–Trinajstić information content (AvgIpc) is 2.79. The summed E-state index contributed by atoms with van der Waals surface area (Å²) in [5.41, 5.74) is 4.75. The molecule has 0 saturated carbocycles. The Balaban J connectivity index is 1.44. The molecular formula is C26H28ClN3O2. The van der Waals surface area contributed by atoms with Crippen molar-refractivity contribution in [2.24, 2.45) is 0 Å².